The zero-order chi connectivity index (χ0) is 19.0. The van der Waals surface area contributed by atoms with E-state index in [4.69, 9.17) is 0 Å². The number of nitrogens with zero attached hydrogens (tertiary/aromatic N) is 3. The number of carbonyl (C=O) groups excluding carboxylic acids is 1. The fourth-order valence-electron chi connectivity index (χ4n) is 3.14. The molecule has 0 unspecified atom stereocenters. The summed E-state index contributed by atoms with van der Waals surface area (Å²) < 4.78 is 1.68. The Morgan fingerprint density at radius 2 is 1.67 bits per heavy atom. The van der Waals surface area contributed by atoms with Crippen LogP contribution in [0, 0.1) is 6.92 Å². The second kappa shape index (κ2) is 6.57. The zero-order valence-corrected chi connectivity index (χ0v) is 15.0. The van der Waals surface area contributed by atoms with Crippen molar-refractivity contribution in [3.63, 3.8) is 0 Å². The summed E-state index contributed by atoms with van der Waals surface area (Å²) >= 11 is 0. The largest absolute Gasteiger partial charge is 0.345 e. The van der Waals surface area contributed by atoms with Gasteiger partial charge in [-0.05, 0) is 31.2 Å². The summed E-state index contributed by atoms with van der Waals surface area (Å²) in [5.74, 6) is -0.365. The van der Waals surface area contributed by atoms with E-state index in [0.29, 0.717) is 16.7 Å². The number of hydrogen-bond acceptors (Lipinski definition) is 3. The summed E-state index contributed by atoms with van der Waals surface area (Å²) in [5, 5.41) is 4.91. The van der Waals surface area contributed by atoms with Gasteiger partial charge in [-0.1, -0.05) is 36.4 Å². The Hall–Kier alpha value is -3.67. The number of hydrogen-bond donors (Lipinski definition) is 1. The van der Waals surface area contributed by atoms with Gasteiger partial charge in [-0.3, -0.25) is 9.59 Å². The van der Waals surface area contributed by atoms with Crippen molar-refractivity contribution in [1.82, 2.24) is 14.8 Å². The van der Waals surface area contributed by atoms with E-state index < -0.39 is 0 Å². The molecule has 0 bridgehead atoms. The van der Waals surface area contributed by atoms with E-state index in [-0.39, 0.29) is 16.9 Å². The van der Waals surface area contributed by atoms with Gasteiger partial charge < -0.3 is 9.88 Å². The molecule has 2 heterocycles. The number of H-pyrrole nitrogens is 1. The van der Waals surface area contributed by atoms with Gasteiger partial charge in [-0.2, -0.15) is 5.10 Å². The first-order chi connectivity index (χ1) is 13.1. The lowest BCUT2D eigenvalue weighted by Gasteiger charge is -2.16. The first-order valence-electron chi connectivity index (χ1n) is 8.57. The maximum Gasteiger partial charge on any atom is 0.263 e. The quantitative estimate of drug-likeness (QED) is 0.611. The first-order valence-corrected chi connectivity index (χ1v) is 8.57. The van der Waals surface area contributed by atoms with Crippen molar-refractivity contribution in [3.8, 4) is 5.69 Å². The van der Waals surface area contributed by atoms with Crippen molar-refractivity contribution < 1.29 is 4.79 Å². The van der Waals surface area contributed by atoms with Gasteiger partial charge in [0, 0.05) is 18.9 Å². The van der Waals surface area contributed by atoms with Crippen LogP contribution in [0.5, 0.6) is 0 Å². The standard InChI is InChI=1S/C21H18N4O2/c1-14-18-19(26)17(21(27)24(2)15-9-5-3-6-10-15)13-22-20(18)25(23-14)16-11-7-4-8-12-16/h3-13H,1-2H3,(H,22,26). The number of fused-ring (bicyclic) bond motifs is 1. The highest BCUT2D eigenvalue weighted by atomic mass is 16.2. The molecule has 2 aromatic carbocycles. The molecule has 2 aromatic heterocycles. The van der Waals surface area contributed by atoms with Crippen molar-refractivity contribution in [2.75, 3.05) is 11.9 Å². The van der Waals surface area contributed by atoms with Gasteiger partial charge in [-0.15, -0.1) is 0 Å². The van der Waals surface area contributed by atoms with Crippen LogP contribution in [-0.4, -0.2) is 27.7 Å². The van der Waals surface area contributed by atoms with Gasteiger partial charge >= 0.3 is 0 Å². The molecule has 1 N–H and O–H groups in total. The minimum Gasteiger partial charge on any atom is -0.345 e. The third-order valence-corrected chi connectivity index (χ3v) is 4.56. The fourth-order valence-corrected chi connectivity index (χ4v) is 3.14. The van der Waals surface area contributed by atoms with Gasteiger partial charge in [0.1, 0.15) is 11.2 Å². The van der Waals surface area contributed by atoms with Crippen molar-refractivity contribution >= 4 is 22.6 Å². The molecule has 0 aliphatic carbocycles. The Morgan fingerprint density at radius 1 is 1.04 bits per heavy atom. The Labute approximate surface area is 155 Å². The summed E-state index contributed by atoms with van der Waals surface area (Å²) in [6.07, 6.45) is 1.47. The normalized spacial score (nSPS) is 10.9. The zero-order valence-electron chi connectivity index (χ0n) is 15.0. The predicted octanol–water partition coefficient (Wildman–Crippen LogP) is 3.30. The van der Waals surface area contributed by atoms with Crippen molar-refractivity contribution in [2.24, 2.45) is 0 Å². The number of aromatic amines is 1. The maximum atomic E-state index is 13.1. The van der Waals surface area contributed by atoms with Crippen LogP contribution in [0.4, 0.5) is 5.69 Å². The van der Waals surface area contributed by atoms with Crippen LogP contribution >= 0.6 is 0 Å². The molecule has 1 amide bonds. The van der Waals surface area contributed by atoms with Gasteiger partial charge in [0.2, 0.25) is 5.43 Å². The highest BCUT2D eigenvalue weighted by Crippen LogP contribution is 2.19. The van der Waals surface area contributed by atoms with E-state index in [1.54, 1.807) is 18.7 Å². The van der Waals surface area contributed by atoms with Gasteiger partial charge in [-0.25, -0.2) is 4.68 Å². The number of anilines is 1. The Balaban J connectivity index is 1.83. The molecule has 0 radical (unpaired) electrons. The Bertz CT molecular complexity index is 1180. The van der Waals surface area contributed by atoms with Crippen molar-refractivity contribution in [1.29, 1.82) is 0 Å². The SMILES string of the molecule is Cc1nn(-c2ccccc2)c2[nH]cc(C(=O)N(C)c3ccccc3)c(=O)c12. The predicted molar refractivity (Wildman–Crippen MR) is 106 cm³/mol. The maximum absolute atomic E-state index is 13.1. The third kappa shape index (κ3) is 2.81. The topological polar surface area (TPSA) is 71.0 Å². The molecule has 0 saturated heterocycles. The van der Waals surface area contributed by atoms with E-state index in [1.807, 2.05) is 60.7 Å². The lowest BCUT2D eigenvalue weighted by atomic mass is 10.1. The van der Waals surface area contributed by atoms with Crippen molar-refractivity contribution in [3.05, 3.63) is 88.3 Å². The molecular formula is C21H18N4O2. The number of pyridine rings is 1. The van der Waals surface area contributed by atoms with E-state index in [0.717, 1.165) is 11.4 Å². The van der Waals surface area contributed by atoms with Crippen LogP contribution in [0.2, 0.25) is 0 Å². The molecule has 0 atom stereocenters. The summed E-state index contributed by atoms with van der Waals surface area (Å²) in [6, 6.07) is 18.8. The molecule has 6 nitrogen and oxygen atoms in total. The highest BCUT2D eigenvalue weighted by molar-refractivity contribution is 6.07. The minimum atomic E-state index is -0.365. The molecule has 4 aromatic rings. The molecular weight excluding hydrogens is 340 g/mol. The monoisotopic (exact) mass is 358 g/mol. The molecule has 0 aliphatic heterocycles. The van der Waals surface area contributed by atoms with Crippen LogP contribution in [0.15, 0.2) is 71.7 Å². The second-order valence-corrected chi connectivity index (χ2v) is 6.29. The van der Waals surface area contributed by atoms with E-state index >= 15 is 0 Å². The smallest absolute Gasteiger partial charge is 0.263 e. The molecule has 0 fully saturated rings. The number of amides is 1. The fraction of sp³-hybridized carbons (Fsp3) is 0.0952. The van der Waals surface area contributed by atoms with Crippen LogP contribution in [0.1, 0.15) is 16.1 Å². The average Bonchev–Trinajstić information content (AvgIpc) is 3.06. The van der Waals surface area contributed by atoms with Crippen molar-refractivity contribution in [2.45, 2.75) is 6.92 Å². The van der Waals surface area contributed by atoms with Gasteiger partial charge in [0.05, 0.1) is 16.8 Å². The summed E-state index contributed by atoms with van der Waals surface area (Å²) in [7, 11) is 1.65. The van der Waals surface area contributed by atoms with E-state index in [2.05, 4.69) is 10.1 Å². The van der Waals surface area contributed by atoms with Gasteiger partial charge in [0.25, 0.3) is 5.91 Å². The number of para-hydroxylation sites is 2. The second-order valence-electron chi connectivity index (χ2n) is 6.29. The van der Waals surface area contributed by atoms with E-state index in [9.17, 15) is 9.59 Å². The third-order valence-electron chi connectivity index (χ3n) is 4.56. The summed E-state index contributed by atoms with van der Waals surface area (Å²) in [6.45, 7) is 1.77. The number of benzene rings is 2. The van der Waals surface area contributed by atoms with Gasteiger partial charge in [0.15, 0.2) is 0 Å². The molecule has 0 saturated carbocycles. The number of aryl methyl sites for hydroxylation is 1. The molecule has 134 valence electrons. The number of nitrogens with one attached hydrogen (secondary N) is 1. The molecule has 27 heavy (non-hydrogen) atoms. The lowest BCUT2D eigenvalue weighted by molar-refractivity contribution is 0.0992. The van der Waals surface area contributed by atoms with Crippen LogP contribution in [0.3, 0.4) is 0 Å². The minimum absolute atomic E-state index is 0.0876. The molecule has 0 spiro atoms. The number of carbonyl (C=O) groups is 1. The number of aromatic nitrogens is 3. The Morgan fingerprint density at radius 3 is 2.33 bits per heavy atom. The molecule has 6 heteroatoms. The van der Waals surface area contributed by atoms with Crippen LogP contribution in [0.25, 0.3) is 16.7 Å². The summed E-state index contributed by atoms with van der Waals surface area (Å²) in [5.41, 5.74) is 2.47. The van der Waals surface area contributed by atoms with E-state index in [1.165, 1.54) is 11.1 Å². The highest BCUT2D eigenvalue weighted by Gasteiger charge is 2.21. The summed E-state index contributed by atoms with van der Waals surface area (Å²) in [4.78, 5) is 30.5. The van der Waals surface area contributed by atoms with Crippen LogP contribution < -0.4 is 10.3 Å². The average molecular weight is 358 g/mol. The first kappa shape index (κ1) is 16.8. The molecule has 0 aliphatic rings. The Kier molecular flexibility index (Phi) is 4.08. The number of rotatable bonds is 3. The molecule has 4 rings (SSSR count). The lowest BCUT2D eigenvalue weighted by Crippen LogP contribution is -2.31. The van der Waals surface area contributed by atoms with Crippen LogP contribution in [-0.2, 0) is 0 Å².